The zero-order valence-corrected chi connectivity index (χ0v) is 12.6. The first-order valence-electron chi connectivity index (χ1n) is 6.88. The molecule has 1 aromatic carbocycles. The van der Waals surface area contributed by atoms with Gasteiger partial charge in [0, 0.05) is 6.54 Å². The Labute approximate surface area is 125 Å². The van der Waals surface area contributed by atoms with Crippen LogP contribution in [0.15, 0.2) is 24.3 Å². The summed E-state index contributed by atoms with van der Waals surface area (Å²) >= 11 is 0. The molecule has 5 heteroatoms. The first-order chi connectivity index (χ1) is 9.10. The highest BCUT2D eigenvalue weighted by molar-refractivity contribution is 5.86. The standard InChI is InChI=1S/C15H21FN2O.ClH/c1-15(9-2-3-10-18-15)14(19)17-11-8-12-4-6-13(16)7-5-12;/h4-7,18H,2-3,8-11H2,1H3,(H,17,19);1H. The average Bonchev–Trinajstić information content (AvgIpc) is 2.42. The number of amides is 1. The molecule has 1 fully saturated rings. The van der Waals surface area contributed by atoms with E-state index in [9.17, 15) is 9.18 Å². The van der Waals surface area contributed by atoms with E-state index in [0.717, 1.165) is 37.8 Å². The Hall–Kier alpha value is -1.13. The topological polar surface area (TPSA) is 41.1 Å². The second kappa shape index (κ2) is 7.60. The second-order valence-electron chi connectivity index (χ2n) is 5.35. The highest BCUT2D eigenvalue weighted by Crippen LogP contribution is 2.18. The van der Waals surface area contributed by atoms with Gasteiger partial charge < -0.3 is 10.6 Å². The van der Waals surface area contributed by atoms with Crippen molar-refractivity contribution in [2.75, 3.05) is 13.1 Å². The van der Waals surface area contributed by atoms with Crippen LogP contribution >= 0.6 is 12.4 Å². The maximum absolute atomic E-state index is 12.8. The Morgan fingerprint density at radius 3 is 2.65 bits per heavy atom. The van der Waals surface area contributed by atoms with Crippen LogP contribution in [0.5, 0.6) is 0 Å². The number of benzene rings is 1. The average molecular weight is 301 g/mol. The fourth-order valence-electron chi connectivity index (χ4n) is 2.42. The van der Waals surface area contributed by atoms with E-state index in [2.05, 4.69) is 10.6 Å². The maximum atomic E-state index is 12.8. The van der Waals surface area contributed by atoms with Crippen LogP contribution in [0.3, 0.4) is 0 Å². The predicted molar refractivity (Wildman–Crippen MR) is 80.6 cm³/mol. The Bertz CT molecular complexity index is 430. The summed E-state index contributed by atoms with van der Waals surface area (Å²) in [5.41, 5.74) is 0.601. The molecular weight excluding hydrogens is 279 g/mol. The number of hydrogen-bond acceptors (Lipinski definition) is 2. The molecule has 1 aromatic rings. The van der Waals surface area contributed by atoms with Crippen molar-refractivity contribution >= 4 is 18.3 Å². The molecule has 2 N–H and O–H groups in total. The van der Waals surface area contributed by atoms with Gasteiger partial charge in [-0.2, -0.15) is 0 Å². The number of nitrogens with one attached hydrogen (secondary N) is 2. The molecule has 0 aliphatic carbocycles. The highest BCUT2D eigenvalue weighted by atomic mass is 35.5. The van der Waals surface area contributed by atoms with Crippen molar-refractivity contribution in [3.05, 3.63) is 35.6 Å². The lowest BCUT2D eigenvalue weighted by Crippen LogP contribution is -2.57. The zero-order chi connectivity index (χ0) is 13.7. The molecule has 0 radical (unpaired) electrons. The summed E-state index contributed by atoms with van der Waals surface area (Å²) in [6, 6.07) is 6.40. The summed E-state index contributed by atoms with van der Waals surface area (Å²) in [7, 11) is 0. The summed E-state index contributed by atoms with van der Waals surface area (Å²) in [5.74, 6) is -0.166. The fourth-order valence-corrected chi connectivity index (χ4v) is 2.42. The van der Waals surface area contributed by atoms with E-state index in [0.29, 0.717) is 6.54 Å². The van der Waals surface area contributed by atoms with Gasteiger partial charge in [-0.15, -0.1) is 12.4 Å². The third-order valence-electron chi connectivity index (χ3n) is 3.73. The molecule has 0 saturated carbocycles. The smallest absolute Gasteiger partial charge is 0.240 e. The number of halogens is 2. The van der Waals surface area contributed by atoms with Crippen LogP contribution < -0.4 is 10.6 Å². The van der Waals surface area contributed by atoms with E-state index in [4.69, 9.17) is 0 Å². The van der Waals surface area contributed by atoms with Crippen LogP contribution in [0.4, 0.5) is 4.39 Å². The van der Waals surface area contributed by atoms with Crippen LogP contribution in [0.2, 0.25) is 0 Å². The minimum Gasteiger partial charge on any atom is -0.354 e. The number of piperidine rings is 1. The van der Waals surface area contributed by atoms with Gasteiger partial charge >= 0.3 is 0 Å². The number of hydrogen-bond donors (Lipinski definition) is 2. The summed E-state index contributed by atoms with van der Waals surface area (Å²) in [5, 5.41) is 6.25. The van der Waals surface area contributed by atoms with Crippen molar-refractivity contribution < 1.29 is 9.18 Å². The van der Waals surface area contributed by atoms with E-state index in [-0.39, 0.29) is 24.1 Å². The Balaban J connectivity index is 0.00000200. The first-order valence-corrected chi connectivity index (χ1v) is 6.88. The minimum atomic E-state index is -0.430. The second-order valence-corrected chi connectivity index (χ2v) is 5.35. The van der Waals surface area contributed by atoms with Crippen LogP contribution in [0.25, 0.3) is 0 Å². The molecule has 0 aromatic heterocycles. The SMILES string of the molecule is CC1(C(=O)NCCc2ccc(F)cc2)CCCCN1.Cl. The normalized spacial score (nSPS) is 21.9. The third kappa shape index (κ3) is 4.46. The first kappa shape index (κ1) is 16.9. The lowest BCUT2D eigenvalue weighted by molar-refractivity contribution is -0.127. The van der Waals surface area contributed by atoms with Gasteiger partial charge in [0.2, 0.25) is 5.91 Å². The number of rotatable bonds is 4. The van der Waals surface area contributed by atoms with E-state index < -0.39 is 5.54 Å². The molecule has 1 aliphatic rings. The van der Waals surface area contributed by atoms with Crippen molar-refractivity contribution in [1.29, 1.82) is 0 Å². The van der Waals surface area contributed by atoms with Gasteiger partial charge in [0.25, 0.3) is 0 Å². The van der Waals surface area contributed by atoms with Gasteiger partial charge in [-0.1, -0.05) is 12.1 Å². The monoisotopic (exact) mass is 300 g/mol. The molecule has 1 atom stereocenters. The molecule has 112 valence electrons. The van der Waals surface area contributed by atoms with Gasteiger partial charge in [-0.05, 0) is 56.8 Å². The van der Waals surface area contributed by atoms with Crippen LogP contribution in [-0.4, -0.2) is 24.5 Å². The van der Waals surface area contributed by atoms with Gasteiger partial charge in [-0.25, -0.2) is 4.39 Å². The largest absolute Gasteiger partial charge is 0.354 e. The van der Waals surface area contributed by atoms with Crippen molar-refractivity contribution in [3.63, 3.8) is 0 Å². The van der Waals surface area contributed by atoms with Crippen LogP contribution in [0.1, 0.15) is 31.7 Å². The number of carbonyl (C=O) groups is 1. The molecule has 3 nitrogen and oxygen atoms in total. The lowest BCUT2D eigenvalue weighted by atomic mass is 9.90. The van der Waals surface area contributed by atoms with Crippen molar-refractivity contribution in [1.82, 2.24) is 10.6 Å². The van der Waals surface area contributed by atoms with E-state index in [1.54, 1.807) is 12.1 Å². The Kier molecular flexibility index (Phi) is 6.43. The summed E-state index contributed by atoms with van der Waals surface area (Å²) in [6.07, 6.45) is 3.84. The minimum absolute atomic E-state index is 0. The molecule has 0 bridgehead atoms. The van der Waals surface area contributed by atoms with Crippen molar-refractivity contribution in [2.45, 2.75) is 38.1 Å². The van der Waals surface area contributed by atoms with Gasteiger partial charge in [0.1, 0.15) is 5.82 Å². The van der Waals surface area contributed by atoms with Gasteiger partial charge in [-0.3, -0.25) is 4.79 Å². The Morgan fingerprint density at radius 2 is 2.05 bits per heavy atom. The molecule has 1 saturated heterocycles. The predicted octanol–water partition coefficient (Wildman–Crippen LogP) is 2.44. The van der Waals surface area contributed by atoms with Crippen LogP contribution in [-0.2, 0) is 11.2 Å². The van der Waals surface area contributed by atoms with E-state index in [1.807, 2.05) is 6.92 Å². The zero-order valence-electron chi connectivity index (χ0n) is 11.7. The number of carbonyl (C=O) groups excluding carboxylic acids is 1. The molecule has 1 aliphatic heterocycles. The Morgan fingerprint density at radius 1 is 1.35 bits per heavy atom. The van der Waals surface area contributed by atoms with Gasteiger partial charge in [0.05, 0.1) is 5.54 Å². The molecular formula is C15H22ClFN2O. The van der Waals surface area contributed by atoms with Crippen molar-refractivity contribution in [3.8, 4) is 0 Å². The summed E-state index contributed by atoms with van der Waals surface area (Å²) < 4.78 is 12.8. The highest BCUT2D eigenvalue weighted by Gasteiger charge is 2.33. The molecule has 1 unspecified atom stereocenters. The van der Waals surface area contributed by atoms with E-state index >= 15 is 0 Å². The third-order valence-corrected chi connectivity index (χ3v) is 3.73. The molecule has 1 amide bonds. The molecule has 1 heterocycles. The van der Waals surface area contributed by atoms with E-state index in [1.165, 1.54) is 12.1 Å². The van der Waals surface area contributed by atoms with Gasteiger partial charge in [0.15, 0.2) is 0 Å². The van der Waals surface area contributed by atoms with Crippen molar-refractivity contribution in [2.24, 2.45) is 0 Å². The maximum Gasteiger partial charge on any atom is 0.240 e. The summed E-state index contributed by atoms with van der Waals surface area (Å²) in [6.45, 7) is 3.45. The summed E-state index contributed by atoms with van der Waals surface area (Å²) in [4.78, 5) is 12.1. The van der Waals surface area contributed by atoms with Crippen LogP contribution in [0, 0.1) is 5.82 Å². The molecule has 20 heavy (non-hydrogen) atoms. The molecule has 2 rings (SSSR count). The fraction of sp³-hybridized carbons (Fsp3) is 0.533. The molecule has 0 spiro atoms. The quantitative estimate of drug-likeness (QED) is 0.897. The lowest BCUT2D eigenvalue weighted by Gasteiger charge is -2.33.